The summed E-state index contributed by atoms with van der Waals surface area (Å²) in [5, 5.41) is 7.47. The maximum atomic E-state index is 13.5. The van der Waals surface area contributed by atoms with E-state index in [-0.39, 0.29) is 36.7 Å². The Hall–Kier alpha value is -2.42. The first-order valence-electron chi connectivity index (χ1n) is 11.3. The predicted molar refractivity (Wildman–Crippen MR) is 114 cm³/mol. The van der Waals surface area contributed by atoms with Gasteiger partial charge in [-0.1, -0.05) is 25.7 Å². The van der Waals surface area contributed by atoms with Gasteiger partial charge in [-0.2, -0.15) is 5.10 Å². The first-order valence-corrected chi connectivity index (χ1v) is 11.3. The molecular formula is C22H34N4O5. The van der Waals surface area contributed by atoms with Gasteiger partial charge in [0.2, 0.25) is 5.91 Å². The van der Waals surface area contributed by atoms with Crippen molar-refractivity contribution >= 4 is 17.8 Å². The van der Waals surface area contributed by atoms with Gasteiger partial charge in [-0.25, -0.2) is 4.79 Å². The smallest absolute Gasteiger partial charge is 0.358 e. The Balaban J connectivity index is 1.87. The maximum absolute atomic E-state index is 13.5. The molecule has 1 aliphatic carbocycles. The van der Waals surface area contributed by atoms with Gasteiger partial charge in [0, 0.05) is 32.4 Å². The summed E-state index contributed by atoms with van der Waals surface area (Å²) in [6.45, 7) is 4.75. The van der Waals surface area contributed by atoms with Crippen LogP contribution in [0.2, 0.25) is 0 Å². The standard InChI is InChI=1S/C22H34N4O5/c1-4-31-20(28)17-14-18-19(27)25(12-9-13-30-3)22(2,15-26(18)24-17)21(29)23-16-10-7-5-6-8-11-16/h14,16H,4-13,15H2,1-3H3,(H,23,29)/t22-/m1/s1. The highest BCUT2D eigenvalue weighted by Gasteiger charge is 2.48. The number of aromatic nitrogens is 2. The van der Waals surface area contributed by atoms with Crippen molar-refractivity contribution in [3.8, 4) is 0 Å². The number of amides is 2. The average molecular weight is 435 g/mol. The number of methoxy groups -OCH3 is 1. The minimum atomic E-state index is -1.11. The fourth-order valence-corrected chi connectivity index (χ4v) is 4.43. The summed E-state index contributed by atoms with van der Waals surface area (Å²) in [6.07, 6.45) is 7.11. The molecule has 1 fully saturated rings. The Labute approximate surface area is 183 Å². The van der Waals surface area contributed by atoms with Gasteiger partial charge in [-0.05, 0) is 33.1 Å². The van der Waals surface area contributed by atoms with Crippen LogP contribution in [0.5, 0.6) is 0 Å². The number of hydrogen-bond donors (Lipinski definition) is 1. The summed E-state index contributed by atoms with van der Waals surface area (Å²) in [5.41, 5.74) is -0.738. The van der Waals surface area contributed by atoms with Gasteiger partial charge in [0.25, 0.3) is 5.91 Å². The largest absolute Gasteiger partial charge is 0.461 e. The van der Waals surface area contributed by atoms with Crippen LogP contribution in [-0.4, -0.2) is 70.9 Å². The van der Waals surface area contributed by atoms with Crippen LogP contribution in [0.1, 0.15) is 79.8 Å². The molecule has 1 aromatic heterocycles. The van der Waals surface area contributed by atoms with Gasteiger partial charge >= 0.3 is 5.97 Å². The van der Waals surface area contributed by atoms with Gasteiger partial charge in [0.15, 0.2) is 5.69 Å². The minimum absolute atomic E-state index is 0.0791. The lowest BCUT2D eigenvalue weighted by molar-refractivity contribution is -0.134. The molecule has 0 spiro atoms. The van der Waals surface area contributed by atoms with E-state index in [0.29, 0.717) is 25.3 Å². The van der Waals surface area contributed by atoms with Gasteiger partial charge in [-0.3, -0.25) is 14.3 Å². The fraction of sp³-hybridized carbons (Fsp3) is 0.727. The molecule has 1 aromatic rings. The summed E-state index contributed by atoms with van der Waals surface area (Å²) in [5.74, 6) is -1.07. The molecule has 2 aliphatic rings. The predicted octanol–water partition coefficient (Wildman–Crippen LogP) is 2.15. The Morgan fingerprint density at radius 3 is 2.61 bits per heavy atom. The molecule has 3 rings (SSSR count). The number of ether oxygens (including phenoxy) is 2. The van der Waals surface area contributed by atoms with E-state index < -0.39 is 11.5 Å². The second-order valence-corrected chi connectivity index (χ2v) is 8.53. The molecule has 1 aliphatic heterocycles. The van der Waals surface area contributed by atoms with Crippen molar-refractivity contribution in [2.24, 2.45) is 0 Å². The molecule has 2 amide bonds. The Kier molecular flexibility index (Phi) is 7.69. The molecule has 9 heteroatoms. The first-order chi connectivity index (χ1) is 14.9. The van der Waals surface area contributed by atoms with Crippen LogP contribution >= 0.6 is 0 Å². The zero-order chi connectivity index (χ0) is 22.4. The highest BCUT2D eigenvalue weighted by atomic mass is 16.5. The van der Waals surface area contributed by atoms with Gasteiger partial charge in [0.05, 0.1) is 13.2 Å². The van der Waals surface area contributed by atoms with E-state index in [9.17, 15) is 14.4 Å². The van der Waals surface area contributed by atoms with Crippen molar-refractivity contribution in [3.63, 3.8) is 0 Å². The van der Waals surface area contributed by atoms with Gasteiger partial charge < -0.3 is 19.7 Å². The van der Waals surface area contributed by atoms with Crippen LogP contribution in [0.4, 0.5) is 0 Å². The Bertz CT molecular complexity index is 800. The van der Waals surface area contributed by atoms with Crippen LogP contribution in [0.25, 0.3) is 0 Å². The minimum Gasteiger partial charge on any atom is -0.461 e. The molecule has 172 valence electrons. The SMILES string of the molecule is CCOC(=O)c1cc2n(n1)C[C@](C)(C(=O)NC1CCCCCC1)N(CCCOC)C2=O. The zero-order valence-corrected chi connectivity index (χ0v) is 18.8. The number of carbonyl (C=O) groups is 3. The van der Waals surface area contributed by atoms with Gasteiger partial charge in [0.1, 0.15) is 11.2 Å². The monoisotopic (exact) mass is 434 g/mol. The van der Waals surface area contributed by atoms with Crippen LogP contribution in [0, 0.1) is 0 Å². The van der Waals surface area contributed by atoms with Crippen molar-refractivity contribution in [2.75, 3.05) is 26.9 Å². The molecular weight excluding hydrogens is 400 g/mol. The van der Waals surface area contributed by atoms with E-state index in [0.717, 1.165) is 25.7 Å². The molecule has 0 bridgehead atoms. The van der Waals surface area contributed by atoms with Crippen LogP contribution in [0.3, 0.4) is 0 Å². The topological polar surface area (TPSA) is 103 Å². The zero-order valence-electron chi connectivity index (χ0n) is 18.8. The number of nitrogens with zero attached hydrogens (tertiary/aromatic N) is 3. The van der Waals surface area contributed by atoms with E-state index in [4.69, 9.17) is 9.47 Å². The molecule has 0 unspecified atom stereocenters. The normalized spacial score (nSPS) is 22.0. The molecule has 0 saturated heterocycles. The van der Waals surface area contributed by atoms with Crippen LogP contribution < -0.4 is 5.32 Å². The third-order valence-electron chi connectivity index (χ3n) is 6.19. The number of fused-ring (bicyclic) bond motifs is 1. The third-order valence-corrected chi connectivity index (χ3v) is 6.19. The quantitative estimate of drug-likeness (QED) is 0.382. The van der Waals surface area contributed by atoms with Crippen molar-refractivity contribution < 1.29 is 23.9 Å². The van der Waals surface area contributed by atoms with Gasteiger partial charge in [-0.15, -0.1) is 0 Å². The molecule has 0 aromatic carbocycles. The van der Waals surface area contributed by atoms with Crippen LogP contribution in [-0.2, 0) is 20.8 Å². The van der Waals surface area contributed by atoms with E-state index in [1.54, 1.807) is 25.9 Å². The second kappa shape index (κ2) is 10.3. The highest BCUT2D eigenvalue weighted by molar-refractivity contribution is 6.01. The summed E-state index contributed by atoms with van der Waals surface area (Å²) in [7, 11) is 1.61. The summed E-state index contributed by atoms with van der Waals surface area (Å²) in [4.78, 5) is 40.6. The molecule has 0 radical (unpaired) electrons. The summed E-state index contributed by atoms with van der Waals surface area (Å²) in [6, 6.07) is 1.57. The lowest BCUT2D eigenvalue weighted by Gasteiger charge is -2.43. The number of carbonyl (C=O) groups excluding carboxylic acids is 3. The number of hydrogen-bond acceptors (Lipinski definition) is 6. The molecule has 31 heavy (non-hydrogen) atoms. The first kappa shape index (κ1) is 23.2. The molecule has 2 heterocycles. The molecule has 1 atom stereocenters. The average Bonchev–Trinajstić information content (AvgIpc) is 2.99. The van der Waals surface area contributed by atoms with Crippen molar-refractivity contribution in [2.45, 2.75) is 76.9 Å². The maximum Gasteiger partial charge on any atom is 0.358 e. The second-order valence-electron chi connectivity index (χ2n) is 8.53. The van der Waals surface area contributed by atoms with Crippen molar-refractivity contribution in [1.29, 1.82) is 0 Å². The Morgan fingerprint density at radius 2 is 1.97 bits per heavy atom. The number of esters is 1. The van der Waals surface area contributed by atoms with E-state index in [1.807, 2.05) is 0 Å². The van der Waals surface area contributed by atoms with E-state index >= 15 is 0 Å². The lowest BCUT2D eigenvalue weighted by Crippen LogP contribution is -2.65. The van der Waals surface area contributed by atoms with Crippen molar-refractivity contribution in [3.05, 3.63) is 17.5 Å². The fourth-order valence-electron chi connectivity index (χ4n) is 4.43. The number of rotatable bonds is 8. The lowest BCUT2D eigenvalue weighted by atomic mass is 9.93. The summed E-state index contributed by atoms with van der Waals surface area (Å²) < 4.78 is 11.6. The summed E-state index contributed by atoms with van der Waals surface area (Å²) >= 11 is 0. The molecule has 1 N–H and O–H groups in total. The van der Waals surface area contributed by atoms with E-state index in [2.05, 4.69) is 10.4 Å². The Morgan fingerprint density at radius 1 is 1.26 bits per heavy atom. The molecule has 9 nitrogen and oxygen atoms in total. The third kappa shape index (κ3) is 5.08. The van der Waals surface area contributed by atoms with E-state index in [1.165, 1.54) is 23.6 Å². The number of nitrogens with one attached hydrogen (secondary N) is 1. The molecule has 1 saturated carbocycles. The van der Waals surface area contributed by atoms with Crippen molar-refractivity contribution in [1.82, 2.24) is 20.0 Å². The van der Waals surface area contributed by atoms with Crippen LogP contribution in [0.15, 0.2) is 6.07 Å². The highest BCUT2D eigenvalue weighted by Crippen LogP contribution is 2.29.